The Morgan fingerprint density at radius 2 is 1.83 bits per heavy atom. The van der Waals surface area contributed by atoms with E-state index in [1.54, 1.807) is 0 Å². The molecule has 0 atom stereocenters. The van der Waals surface area contributed by atoms with Crippen molar-refractivity contribution in [3.8, 4) is 11.5 Å². The summed E-state index contributed by atoms with van der Waals surface area (Å²) in [5, 5.41) is 0.136. The van der Waals surface area contributed by atoms with Gasteiger partial charge >= 0.3 is 0 Å². The average molecular weight is 344 g/mol. The molecular weight excluding hydrogens is 320 g/mol. The summed E-state index contributed by atoms with van der Waals surface area (Å²) in [6.45, 7) is 8.87. The molecule has 2 aromatic carbocycles. The molecule has 0 aliphatic carbocycles. The summed E-state index contributed by atoms with van der Waals surface area (Å²) in [7, 11) is 0. The number of carbonyl (C=O) groups is 1. The molecule has 4 heteroatoms. The fourth-order valence-corrected chi connectivity index (χ4v) is 3.20. The highest BCUT2D eigenvalue weighted by atomic mass is 32.2. The quantitative estimate of drug-likeness (QED) is 0.638. The van der Waals surface area contributed by atoms with Crippen LogP contribution in [-0.4, -0.2) is 11.7 Å². The van der Waals surface area contributed by atoms with E-state index in [4.69, 9.17) is 9.47 Å². The Labute approximate surface area is 148 Å². The first-order valence-corrected chi connectivity index (χ1v) is 9.02. The van der Waals surface area contributed by atoms with E-state index in [0.29, 0.717) is 19.6 Å². The molecule has 0 radical (unpaired) electrons. The highest BCUT2D eigenvalue weighted by Crippen LogP contribution is 2.33. The molecule has 0 amide bonds. The Bertz CT molecular complexity index is 710. The maximum atomic E-state index is 11.8. The van der Waals surface area contributed by atoms with E-state index in [9.17, 15) is 4.79 Å². The monoisotopic (exact) mass is 344 g/mol. The summed E-state index contributed by atoms with van der Waals surface area (Å²) in [6, 6.07) is 11.9. The lowest BCUT2D eigenvalue weighted by Crippen LogP contribution is -2.04. The number of hydrogen-bond acceptors (Lipinski definition) is 4. The number of aryl methyl sites for hydroxylation is 2. The minimum absolute atomic E-state index is 0.136. The minimum atomic E-state index is 0.136. The minimum Gasteiger partial charge on any atom is -0.493 e. The summed E-state index contributed by atoms with van der Waals surface area (Å²) in [5.74, 6) is 1.63. The van der Waals surface area contributed by atoms with Gasteiger partial charge in [0.15, 0.2) is 5.12 Å². The predicted molar refractivity (Wildman–Crippen MR) is 99.0 cm³/mol. The molecule has 0 aliphatic rings. The molecule has 2 aromatic rings. The van der Waals surface area contributed by atoms with Crippen LogP contribution in [-0.2, 0) is 11.4 Å². The van der Waals surface area contributed by atoms with Crippen molar-refractivity contribution in [2.45, 2.75) is 45.6 Å². The molecule has 0 N–H and O–H groups in total. The zero-order valence-electron chi connectivity index (χ0n) is 14.7. The third-order valence-corrected chi connectivity index (χ3v) is 4.72. The first-order chi connectivity index (χ1) is 11.5. The van der Waals surface area contributed by atoms with Gasteiger partial charge in [0.2, 0.25) is 0 Å². The summed E-state index contributed by atoms with van der Waals surface area (Å²) >= 11 is 1.25. The van der Waals surface area contributed by atoms with Gasteiger partial charge in [-0.2, -0.15) is 0 Å². The molecule has 0 saturated carbocycles. The predicted octanol–water partition coefficient (Wildman–Crippen LogP) is 5.31. The van der Waals surface area contributed by atoms with E-state index in [-0.39, 0.29) is 5.12 Å². The van der Waals surface area contributed by atoms with Crippen LogP contribution >= 0.6 is 11.8 Å². The third-order valence-electron chi connectivity index (χ3n) is 3.60. The maximum absolute atomic E-state index is 11.8. The molecule has 0 heterocycles. The summed E-state index contributed by atoms with van der Waals surface area (Å²) in [4.78, 5) is 12.8. The van der Waals surface area contributed by atoms with Gasteiger partial charge < -0.3 is 9.47 Å². The zero-order chi connectivity index (χ0) is 17.5. The summed E-state index contributed by atoms with van der Waals surface area (Å²) in [5.41, 5.74) is 3.23. The van der Waals surface area contributed by atoms with Crippen molar-refractivity contribution < 1.29 is 14.3 Å². The van der Waals surface area contributed by atoms with E-state index < -0.39 is 0 Å². The molecule has 0 unspecified atom stereocenters. The number of benzene rings is 2. The van der Waals surface area contributed by atoms with Crippen LogP contribution in [0.5, 0.6) is 11.5 Å². The smallest absolute Gasteiger partial charge is 0.193 e. The van der Waals surface area contributed by atoms with Gasteiger partial charge in [-0.1, -0.05) is 42.4 Å². The highest BCUT2D eigenvalue weighted by molar-refractivity contribution is 8.13. The second-order valence-electron chi connectivity index (χ2n) is 5.55. The van der Waals surface area contributed by atoms with Gasteiger partial charge in [0.1, 0.15) is 18.1 Å². The average Bonchev–Trinajstić information content (AvgIpc) is 2.56. The second kappa shape index (κ2) is 8.78. The normalized spacial score (nSPS) is 10.5. The van der Waals surface area contributed by atoms with Crippen molar-refractivity contribution >= 4 is 16.9 Å². The van der Waals surface area contributed by atoms with Crippen LogP contribution in [0.3, 0.4) is 0 Å². The molecular formula is C20H24O3S. The van der Waals surface area contributed by atoms with Gasteiger partial charge in [-0.15, -0.1) is 0 Å². The molecule has 128 valence electrons. The first-order valence-electron chi connectivity index (χ1n) is 8.20. The Kier molecular flexibility index (Phi) is 6.73. The van der Waals surface area contributed by atoms with Gasteiger partial charge in [0.25, 0.3) is 0 Å². The molecule has 24 heavy (non-hydrogen) atoms. The third kappa shape index (κ3) is 4.78. The van der Waals surface area contributed by atoms with Gasteiger partial charge in [-0.05, 0) is 44.5 Å². The van der Waals surface area contributed by atoms with Crippen molar-refractivity contribution in [1.29, 1.82) is 0 Å². The van der Waals surface area contributed by atoms with Crippen molar-refractivity contribution in [3.05, 3.63) is 53.1 Å². The van der Waals surface area contributed by atoms with Crippen molar-refractivity contribution in [2.75, 3.05) is 6.61 Å². The molecule has 0 fully saturated rings. The number of hydrogen-bond donors (Lipinski definition) is 0. The zero-order valence-corrected chi connectivity index (χ0v) is 15.5. The Balaban J connectivity index is 2.26. The van der Waals surface area contributed by atoms with Gasteiger partial charge in [0, 0.05) is 16.9 Å². The number of rotatable bonds is 7. The Morgan fingerprint density at radius 1 is 1.04 bits per heavy atom. The van der Waals surface area contributed by atoms with Crippen LogP contribution in [0.25, 0.3) is 0 Å². The van der Waals surface area contributed by atoms with E-state index in [0.717, 1.165) is 27.5 Å². The van der Waals surface area contributed by atoms with E-state index in [2.05, 4.69) is 13.0 Å². The summed E-state index contributed by atoms with van der Waals surface area (Å²) in [6.07, 6.45) is 0.501. The lowest BCUT2D eigenvalue weighted by molar-refractivity contribution is -0.110. The lowest BCUT2D eigenvalue weighted by atomic mass is 10.1. The van der Waals surface area contributed by atoms with Crippen LogP contribution in [0.1, 0.15) is 37.0 Å². The molecule has 2 rings (SSSR count). The van der Waals surface area contributed by atoms with Gasteiger partial charge in [0.05, 0.1) is 6.61 Å². The fourth-order valence-electron chi connectivity index (χ4n) is 2.38. The standard InChI is InChI=1S/C20H24O3S/c1-5-20(21)24-19-9-7-8-18(22-6-2)16(19)13-23-17-11-10-14(3)12-15(17)4/h7-12H,5-6,13H2,1-4H3. The topological polar surface area (TPSA) is 35.5 Å². The van der Waals surface area contributed by atoms with E-state index >= 15 is 0 Å². The fraction of sp³-hybridized carbons (Fsp3) is 0.350. The molecule has 0 bridgehead atoms. The lowest BCUT2D eigenvalue weighted by Gasteiger charge is -2.16. The Morgan fingerprint density at radius 3 is 2.50 bits per heavy atom. The molecule has 0 saturated heterocycles. The van der Waals surface area contributed by atoms with E-state index in [1.165, 1.54) is 17.3 Å². The van der Waals surface area contributed by atoms with Crippen LogP contribution in [0.2, 0.25) is 0 Å². The summed E-state index contributed by atoms with van der Waals surface area (Å²) < 4.78 is 11.7. The van der Waals surface area contributed by atoms with Crippen LogP contribution < -0.4 is 9.47 Å². The molecule has 0 spiro atoms. The van der Waals surface area contributed by atoms with Crippen LogP contribution in [0.4, 0.5) is 0 Å². The number of thioether (sulfide) groups is 1. The van der Waals surface area contributed by atoms with Gasteiger partial charge in [-0.3, -0.25) is 4.79 Å². The Hall–Kier alpha value is -1.94. The molecule has 3 nitrogen and oxygen atoms in total. The van der Waals surface area contributed by atoms with Crippen molar-refractivity contribution in [2.24, 2.45) is 0 Å². The highest BCUT2D eigenvalue weighted by Gasteiger charge is 2.14. The van der Waals surface area contributed by atoms with Crippen molar-refractivity contribution in [3.63, 3.8) is 0 Å². The second-order valence-corrected chi connectivity index (χ2v) is 6.65. The van der Waals surface area contributed by atoms with Crippen LogP contribution in [0.15, 0.2) is 41.3 Å². The molecule has 0 aromatic heterocycles. The SMILES string of the molecule is CCOc1cccc(SC(=O)CC)c1COc1ccc(C)cc1C. The number of carbonyl (C=O) groups excluding carboxylic acids is 1. The van der Waals surface area contributed by atoms with Gasteiger partial charge in [-0.25, -0.2) is 0 Å². The van der Waals surface area contributed by atoms with E-state index in [1.807, 2.05) is 51.1 Å². The van der Waals surface area contributed by atoms with Crippen molar-refractivity contribution in [1.82, 2.24) is 0 Å². The number of ether oxygens (including phenoxy) is 2. The first kappa shape index (κ1) is 18.4. The maximum Gasteiger partial charge on any atom is 0.193 e. The van der Waals surface area contributed by atoms with Crippen LogP contribution in [0, 0.1) is 13.8 Å². The largest absolute Gasteiger partial charge is 0.493 e. The molecule has 0 aliphatic heterocycles.